The number of aromatic hydroxyl groups is 1. The number of allylic oxidation sites excluding steroid dienone is 3. The molecule has 0 unspecified atom stereocenters. The van der Waals surface area contributed by atoms with Crippen molar-refractivity contribution in [3.63, 3.8) is 0 Å². The molecule has 0 radical (unpaired) electrons. The number of oxime groups is 1. The number of nitrogens with zero attached hydrogens (tertiary/aromatic N) is 2. The Hall–Kier alpha value is -3.46. The van der Waals surface area contributed by atoms with Gasteiger partial charge >= 0.3 is 5.97 Å². The number of fused-ring (bicyclic) bond motifs is 1. The van der Waals surface area contributed by atoms with Crippen LogP contribution in [0.3, 0.4) is 0 Å². The maximum Gasteiger partial charge on any atom is 0.339 e. The van der Waals surface area contributed by atoms with Crippen molar-refractivity contribution in [3.8, 4) is 5.75 Å². The predicted octanol–water partition coefficient (Wildman–Crippen LogP) is 2.43. The Morgan fingerprint density at radius 2 is 1.88 bits per heavy atom. The number of rotatable bonds is 4. The van der Waals surface area contributed by atoms with Crippen LogP contribution in [0.1, 0.15) is 45.5 Å². The topological polar surface area (TPSA) is 115 Å². The van der Waals surface area contributed by atoms with Gasteiger partial charge in [0.25, 0.3) is 5.91 Å². The molecule has 0 spiro atoms. The monoisotopic (exact) mass is 456 g/mol. The van der Waals surface area contributed by atoms with Gasteiger partial charge in [-0.2, -0.15) is 0 Å². The first-order valence-corrected chi connectivity index (χ1v) is 10.9. The van der Waals surface area contributed by atoms with E-state index in [2.05, 4.69) is 5.16 Å². The number of phenolic OH excluding ortho intramolecular Hbond substituents is 1. The summed E-state index contributed by atoms with van der Waals surface area (Å²) in [5.74, 6) is -0.994. The summed E-state index contributed by atoms with van der Waals surface area (Å²) in [7, 11) is 0. The second kappa shape index (κ2) is 12.5. The van der Waals surface area contributed by atoms with Gasteiger partial charge in [-0.25, -0.2) is 4.79 Å². The van der Waals surface area contributed by atoms with E-state index in [9.17, 15) is 19.5 Å². The average molecular weight is 456 g/mol. The molecule has 1 fully saturated rings. The smallest absolute Gasteiger partial charge is 0.339 e. The van der Waals surface area contributed by atoms with Gasteiger partial charge in [-0.1, -0.05) is 23.4 Å². The summed E-state index contributed by atoms with van der Waals surface area (Å²) in [5, 5.41) is 14.2. The fraction of sp³-hybridized carbons (Fsp3) is 0.417. The third kappa shape index (κ3) is 7.28. The molecule has 1 N–H and O–H groups in total. The van der Waals surface area contributed by atoms with Crippen molar-refractivity contribution >= 4 is 23.9 Å². The van der Waals surface area contributed by atoms with E-state index in [1.54, 1.807) is 11.0 Å². The first-order valence-electron chi connectivity index (χ1n) is 10.9. The highest BCUT2D eigenvalue weighted by molar-refractivity contribution is 6.03. The van der Waals surface area contributed by atoms with Gasteiger partial charge in [-0.3, -0.25) is 9.59 Å². The van der Waals surface area contributed by atoms with E-state index in [0.717, 1.165) is 12.8 Å². The highest BCUT2D eigenvalue weighted by atomic mass is 16.6. The Kier molecular flexibility index (Phi) is 9.19. The molecule has 2 aliphatic rings. The fourth-order valence-corrected chi connectivity index (χ4v) is 3.52. The zero-order valence-corrected chi connectivity index (χ0v) is 18.4. The summed E-state index contributed by atoms with van der Waals surface area (Å²) < 4.78 is 10.6. The van der Waals surface area contributed by atoms with E-state index in [-0.39, 0.29) is 42.4 Å². The molecular formula is C24H28N2O7. The zero-order chi connectivity index (χ0) is 23.5. The summed E-state index contributed by atoms with van der Waals surface area (Å²) in [6, 6.07) is 2.62. The lowest BCUT2D eigenvalue weighted by Crippen LogP contribution is -2.42. The number of phenols is 1. The Bertz CT molecular complexity index is 946. The predicted molar refractivity (Wildman–Crippen MR) is 120 cm³/mol. The van der Waals surface area contributed by atoms with E-state index in [1.807, 2.05) is 18.2 Å². The molecule has 1 saturated heterocycles. The third-order valence-corrected chi connectivity index (χ3v) is 5.17. The number of ether oxygens (including phenoxy) is 2. The molecule has 1 aromatic rings. The highest BCUT2D eigenvalue weighted by Gasteiger charge is 2.21. The molecule has 0 bridgehead atoms. The van der Waals surface area contributed by atoms with Crippen LogP contribution < -0.4 is 0 Å². The van der Waals surface area contributed by atoms with Crippen LogP contribution in [-0.2, 0) is 25.5 Å². The lowest BCUT2D eigenvalue weighted by atomic mass is 9.96. The number of aldehydes is 1. The van der Waals surface area contributed by atoms with Crippen LogP contribution in [0.5, 0.6) is 5.75 Å². The molecular weight excluding hydrogens is 428 g/mol. The first kappa shape index (κ1) is 24.2. The number of esters is 1. The van der Waals surface area contributed by atoms with Crippen LogP contribution in [0, 0.1) is 0 Å². The SMILES string of the molecule is O=Cc1cc(O)cc2c1C(=O)OCC/C=C/CC/C=C/C(=N/OCC(=O)N1CCOCC1)C2. The number of benzene rings is 1. The summed E-state index contributed by atoms with van der Waals surface area (Å²) in [5.41, 5.74) is 0.919. The van der Waals surface area contributed by atoms with Crippen molar-refractivity contribution < 1.29 is 33.8 Å². The minimum Gasteiger partial charge on any atom is -0.508 e. The lowest BCUT2D eigenvalue weighted by molar-refractivity contribution is -0.140. The zero-order valence-electron chi connectivity index (χ0n) is 18.4. The van der Waals surface area contributed by atoms with Gasteiger partial charge in [-0.05, 0) is 43.0 Å². The molecule has 0 saturated carbocycles. The summed E-state index contributed by atoms with van der Waals surface area (Å²) in [6.07, 6.45) is 10.3. The largest absolute Gasteiger partial charge is 0.508 e. The maximum atomic E-state index is 12.7. The highest BCUT2D eigenvalue weighted by Crippen LogP contribution is 2.23. The van der Waals surface area contributed by atoms with Crippen molar-refractivity contribution in [3.05, 3.63) is 53.1 Å². The molecule has 0 aromatic heterocycles. The van der Waals surface area contributed by atoms with Gasteiger partial charge in [0.05, 0.1) is 31.1 Å². The van der Waals surface area contributed by atoms with Crippen LogP contribution in [0.2, 0.25) is 0 Å². The van der Waals surface area contributed by atoms with Crippen LogP contribution in [0.15, 0.2) is 41.6 Å². The van der Waals surface area contributed by atoms with Crippen molar-refractivity contribution in [1.29, 1.82) is 0 Å². The molecule has 176 valence electrons. The normalized spacial score (nSPS) is 20.8. The van der Waals surface area contributed by atoms with Crippen LogP contribution in [0.4, 0.5) is 0 Å². The van der Waals surface area contributed by atoms with E-state index in [4.69, 9.17) is 14.3 Å². The Morgan fingerprint density at radius 3 is 2.67 bits per heavy atom. The minimum absolute atomic E-state index is 0.0318. The molecule has 9 heteroatoms. The van der Waals surface area contributed by atoms with Crippen molar-refractivity contribution in [1.82, 2.24) is 4.90 Å². The van der Waals surface area contributed by atoms with Crippen molar-refractivity contribution in [2.45, 2.75) is 25.7 Å². The Balaban J connectivity index is 1.84. The molecule has 2 aliphatic heterocycles. The van der Waals surface area contributed by atoms with Crippen LogP contribution >= 0.6 is 0 Å². The second-order valence-corrected chi connectivity index (χ2v) is 7.59. The standard InChI is InChI=1S/C24H28N2O7/c27-16-19-15-21(28)14-18-13-20(25-33-17-22(29)26-8-11-31-12-9-26)7-5-3-1-2-4-6-10-32-24(30)23(18)19/h2,4-5,7,14-16,28H,1,3,6,8-13,17H2/b4-2+,7-5+,25-20-. The molecule has 3 rings (SSSR count). The Morgan fingerprint density at radius 1 is 1.12 bits per heavy atom. The minimum atomic E-state index is -0.649. The maximum absolute atomic E-state index is 12.7. The lowest BCUT2D eigenvalue weighted by Gasteiger charge is -2.26. The molecule has 9 nitrogen and oxygen atoms in total. The number of hydrogen-bond acceptors (Lipinski definition) is 8. The number of cyclic esters (lactones) is 1. The van der Waals surface area contributed by atoms with Crippen molar-refractivity contribution in [2.24, 2.45) is 5.16 Å². The van der Waals surface area contributed by atoms with Crippen LogP contribution in [0.25, 0.3) is 0 Å². The Labute approximate surface area is 192 Å². The summed E-state index contributed by atoms with van der Waals surface area (Å²) in [6.45, 7) is 1.96. The summed E-state index contributed by atoms with van der Waals surface area (Å²) >= 11 is 0. The molecule has 0 atom stereocenters. The number of hydrogen-bond donors (Lipinski definition) is 1. The second-order valence-electron chi connectivity index (χ2n) is 7.59. The summed E-state index contributed by atoms with van der Waals surface area (Å²) in [4.78, 5) is 43.6. The number of amides is 1. The third-order valence-electron chi connectivity index (χ3n) is 5.17. The van der Waals surface area contributed by atoms with Gasteiger partial charge in [0.15, 0.2) is 12.9 Å². The number of morpholine rings is 1. The van der Waals surface area contributed by atoms with Gasteiger partial charge in [-0.15, -0.1) is 0 Å². The van der Waals surface area contributed by atoms with E-state index >= 15 is 0 Å². The number of carbonyl (C=O) groups is 3. The molecule has 0 aliphatic carbocycles. The number of carbonyl (C=O) groups excluding carboxylic acids is 3. The molecule has 33 heavy (non-hydrogen) atoms. The van der Waals surface area contributed by atoms with Crippen molar-refractivity contribution in [2.75, 3.05) is 39.5 Å². The van der Waals surface area contributed by atoms with E-state index < -0.39 is 5.97 Å². The quantitative estimate of drug-likeness (QED) is 0.320. The molecule has 2 heterocycles. The fourth-order valence-electron chi connectivity index (χ4n) is 3.52. The molecule has 1 aromatic carbocycles. The van der Waals surface area contributed by atoms with Crippen LogP contribution in [-0.4, -0.2) is 73.4 Å². The van der Waals surface area contributed by atoms with E-state index in [0.29, 0.717) is 50.3 Å². The first-order chi connectivity index (χ1) is 16.1. The van der Waals surface area contributed by atoms with Gasteiger partial charge in [0.2, 0.25) is 0 Å². The van der Waals surface area contributed by atoms with Gasteiger partial charge < -0.3 is 24.3 Å². The van der Waals surface area contributed by atoms with Gasteiger partial charge in [0.1, 0.15) is 5.75 Å². The van der Waals surface area contributed by atoms with Gasteiger partial charge in [0, 0.05) is 25.1 Å². The average Bonchev–Trinajstić information content (AvgIpc) is 2.82. The molecule has 1 amide bonds. The van der Waals surface area contributed by atoms with E-state index in [1.165, 1.54) is 12.1 Å².